The molecule has 162 valence electrons. The van der Waals surface area contributed by atoms with Crippen LogP contribution >= 0.6 is 0 Å². The summed E-state index contributed by atoms with van der Waals surface area (Å²) in [6.07, 6.45) is -1.02. The maximum atomic E-state index is 13.3. The van der Waals surface area contributed by atoms with Crippen molar-refractivity contribution in [3.05, 3.63) is 66.2 Å². The van der Waals surface area contributed by atoms with Crippen molar-refractivity contribution in [1.82, 2.24) is 4.90 Å². The number of carbonyl (C=O) groups is 1. The van der Waals surface area contributed by atoms with Gasteiger partial charge in [0.2, 0.25) is 5.91 Å². The molecule has 2 heterocycles. The van der Waals surface area contributed by atoms with E-state index in [9.17, 15) is 15.2 Å². The summed E-state index contributed by atoms with van der Waals surface area (Å²) in [5.41, 5.74) is 1.72. The summed E-state index contributed by atoms with van der Waals surface area (Å²) in [6.45, 7) is 7.31. The number of hydrogen-bond donors (Lipinski definition) is 1. The minimum atomic E-state index is -1.78. The molecule has 0 saturated carbocycles. The number of amides is 1. The lowest BCUT2D eigenvalue weighted by atomic mass is 9.93. The minimum Gasteiger partial charge on any atom is -0.416 e. The SMILES string of the molecule is C[Si](C)(C)OC[C@@H](c1ccccc1)N1C[C@@H]2C(=O)N(c3ccccc3)[C@H](O)[C@@H]2[C@@H]1C#N. The average molecular weight is 436 g/mol. The highest BCUT2D eigenvalue weighted by Gasteiger charge is 2.58. The second-order valence-corrected chi connectivity index (χ2v) is 13.8. The van der Waals surface area contributed by atoms with E-state index in [4.69, 9.17) is 4.43 Å². The number of para-hydroxylation sites is 1. The highest BCUT2D eigenvalue weighted by atomic mass is 28.4. The zero-order valence-corrected chi connectivity index (χ0v) is 19.2. The van der Waals surface area contributed by atoms with Gasteiger partial charge in [-0.3, -0.25) is 14.6 Å². The van der Waals surface area contributed by atoms with E-state index in [1.165, 1.54) is 4.90 Å². The molecule has 0 spiro atoms. The molecule has 0 bridgehead atoms. The van der Waals surface area contributed by atoms with E-state index in [2.05, 4.69) is 30.6 Å². The summed E-state index contributed by atoms with van der Waals surface area (Å²) in [5, 5.41) is 21.2. The van der Waals surface area contributed by atoms with Crippen LogP contribution in [0.4, 0.5) is 5.69 Å². The molecule has 1 N–H and O–H groups in total. The maximum Gasteiger partial charge on any atom is 0.234 e. The lowest BCUT2D eigenvalue weighted by molar-refractivity contribution is -0.120. The van der Waals surface area contributed by atoms with Crippen LogP contribution in [0.2, 0.25) is 19.6 Å². The van der Waals surface area contributed by atoms with Gasteiger partial charge < -0.3 is 9.53 Å². The van der Waals surface area contributed by atoms with Gasteiger partial charge in [0, 0.05) is 18.2 Å². The third-order valence-corrected chi connectivity index (χ3v) is 7.22. The molecular weight excluding hydrogens is 406 g/mol. The number of likely N-dealkylation sites (tertiary alicyclic amines) is 1. The van der Waals surface area contributed by atoms with Crippen molar-refractivity contribution in [3.8, 4) is 6.07 Å². The number of anilines is 1. The van der Waals surface area contributed by atoms with Gasteiger partial charge in [-0.05, 0) is 37.3 Å². The van der Waals surface area contributed by atoms with Gasteiger partial charge in [-0.2, -0.15) is 5.26 Å². The second-order valence-electron chi connectivity index (χ2n) is 9.26. The van der Waals surface area contributed by atoms with Crippen LogP contribution in [0.25, 0.3) is 0 Å². The molecule has 0 aliphatic carbocycles. The number of aliphatic hydroxyl groups excluding tert-OH is 1. The normalized spacial score (nSPS) is 27.2. The zero-order chi connectivity index (χ0) is 22.2. The predicted molar refractivity (Wildman–Crippen MR) is 122 cm³/mol. The average Bonchev–Trinajstić information content (AvgIpc) is 3.24. The Morgan fingerprint density at radius 2 is 1.74 bits per heavy atom. The molecule has 7 heteroatoms. The van der Waals surface area contributed by atoms with E-state index in [0.29, 0.717) is 18.8 Å². The first-order valence-corrected chi connectivity index (χ1v) is 14.1. The molecule has 5 atom stereocenters. The smallest absolute Gasteiger partial charge is 0.234 e. The highest BCUT2D eigenvalue weighted by molar-refractivity contribution is 6.69. The molecule has 2 aliphatic rings. The van der Waals surface area contributed by atoms with Crippen molar-refractivity contribution in [3.63, 3.8) is 0 Å². The molecule has 2 aliphatic heterocycles. The second kappa shape index (κ2) is 8.56. The Morgan fingerprint density at radius 1 is 1.13 bits per heavy atom. The Labute approximate surface area is 184 Å². The van der Waals surface area contributed by atoms with Gasteiger partial charge in [-0.15, -0.1) is 0 Å². The fraction of sp³-hybridized carbons (Fsp3) is 0.417. The fourth-order valence-corrected chi connectivity index (χ4v) is 5.39. The summed E-state index contributed by atoms with van der Waals surface area (Å²) < 4.78 is 6.25. The molecule has 2 saturated heterocycles. The topological polar surface area (TPSA) is 76.8 Å². The predicted octanol–water partition coefficient (Wildman–Crippen LogP) is 3.38. The van der Waals surface area contributed by atoms with Gasteiger partial charge >= 0.3 is 0 Å². The molecule has 6 nitrogen and oxygen atoms in total. The van der Waals surface area contributed by atoms with Crippen molar-refractivity contribution >= 4 is 19.9 Å². The van der Waals surface area contributed by atoms with Crippen LogP contribution in [0, 0.1) is 23.2 Å². The summed E-state index contributed by atoms with van der Waals surface area (Å²) >= 11 is 0. The molecule has 2 aromatic carbocycles. The number of rotatable bonds is 6. The van der Waals surface area contributed by atoms with Gasteiger partial charge in [0.05, 0.1) is 24.6 Å². The first-order chi connectivity index (χ1) is 14.8. The molecule has 1 amide bonds. The van der Waals surface area contributed by atoms with Crippen LogP contribution in [0.5, 0.6) is 0 Å². The quantitative estimate of drug-likeness (QED) is 0.704. The molecule has 2 fully saturated rings. The van der Waals surface area contributed by atoms with Crippen LogP contribution in [-0.4, -0.2) is 49.7 Å². The Kier molecular flexibility index (Phi) is 6.00. The summed E-state index contributed by atoms with van der Waals surface area (Å²) in [6, 6.07) is 20.9. The molecule has 0 unspecified atom stereocenters. The number of hydrogen-bond acceptors (Lipinski definition) is 5. The van der Waals surface area contributed by atoms with Gasteiger partial charge in [0.25, 0.3) is 0 Å². The van der Waals surface area contributed by atoms with Gasteiger partial charge in [-0.25, -0.2) is 0 Å². The van der Waals surface area contributed by atoms with E-state index >= 15 is 0 Å². The highest BCUT2D eigenvalue weighted by Crippen LogP contribution is 2.45. The van der Waals surface area contributed by atoms with Gasteiger partial charge in [0.1, 0.15) is 12.3 Å². The first kappa shape index (κ1) is 21.7. The van der Waals surface area contributed by atoms with Crippen molar-refractivity contribution in [2.75, 3.05) is 18.1 Å². The van der Waals surface area contributed by atoms with E-state index in [1.54, 1.807) is 0 Å². The van der Waals surface area contributed by atoms with E-state index < -0.39 is 32.4 Å². The Bertz CT molecular complexity index is 958. The van der Waals surface area contributed by atoms with Crippen molar-refractivity contribution < 1.29 is 14.3 Å². The number of carbonyl (C=O) groups excluding carboxylic acids is 1. The van der Waals surface area contributed by atoms with Crippen LogP contribution in [0.1, 0.15) is 11.6 Å². The Morgan fingerprint density at radius 3 is 2.32 bits per heavy atom. The number of fused-ring (bicyclic) bond motifs is 1. The minimum absolute atomic E-state index is 0.121. The van der Waals surface area contributed by atoms with Gasteiger partial charge in [0.15, 0.2) is 8.32 Å². The zero-order valence-electron chi connectivity index (χ0n) is 18.2. The molecule has 4 rings (SSSR count). The standard InChI is InChI=1S/C24H29N3O3Si/c1-31(2,3)30-16-21(17-10-6-4-7-11-17)26-15-19-22(20(26)14-25)24(29)27(23(19)28)18-12-8-5-9-13-18/h4-13,19-22,24,29H,15-16H2,1-3H3/t19-,20-,21-,22-,24+/m0/s1. The summed E-state index contributed by atoms with van der Waals surface area (Å²) in [5.74, 6) is -1.00. The Hall–Kier alpha value is -2.50. The number of nitriles is 1. The van der Waals surface area contributed by atoms with Crippen LogP contribution < -0.4 is 4.90 Å². The third-order valence-electron chi connectivity index (χ3n) is 6.18. The number of aliphatic hydroxyl groups is 1. The molecular formula is C24H29N3O3Si. The van der Waals surface area contributed by atoms with E-state index in [1.807, 2.05) is 60.7 Å². The van der Waals surface area contributed by atoms with E-state index in [-0.39, 0.29) is 11.9 Å². The monoisotopic (exact) mass is 435 g/mol. The van der Waals surface area contributed by atoms with E-state index in [0.717, 1.165) is 5.56 Å². The maximum absolute atomic E-state index is 13.3. The van der Waals surface area contributed by atoms with Crippen molar-refractivity contribution in [2.24, 2.45) is 11.8 Å². The molecule has 0 aromatic heterocycles. The van der Waals surface area contributed by atoms with Crippen LogP contribution in [0.3, 0.4) is 0 Å². The lowest BCUT2D eigenvalue weighted by Crippen LogP contribution is -2.45. The molecule has 31 heavy (non-hydrogen) atoms. The summed E-state index contributed by atoms with van der Waals surface area (Å²) in [7, 11) is -1.78. The molecule has 2 aromatic rings. The third kappa shape index (κ3) is 4.17. The number of benzene rings is 2. The Balaban J connectivity index is 1.64. The lowest BCUT2D eigenvalue weighted by Gasteiger charge is -2.35. The van der Waals surface area contributed by atoms with Gasteiger partial charge in [-0.1, -0.05) is 48.5 Å². The fourth-order valence-electron chi connectivity index (χ4n) is 4.74. The largest absolute Gasteiger partial charge is 0.416 e. The van der Waals surface area contributed by atoms with Crippen molar-refractivity contribution in [2.45, 2.75) is 38.0 Å². The number of nitrogens with zero attached hydrogens (tertiary/aromatic N) is 3. The van der Waals surface area contributed by atoms with Crippen LogP contribution in [0.15, 0.2) is 60.7 Å². The first-order valence-electron chi connectivity index (χ1n) is 10.7. The van der Waals surface area contributed by atoms with Crippen LogP contribution in [-0.2, 0) is 9.22 Å². The van der Waals surface area contributed by atoms with Crippen molar-refractivity contribution in [1.29, 1.82) is 5.26 Å². The molecule has 0 radical (unpaired) electrons. The summed E-state index contributed by atoms with van der Waals surface area (Å²) in [4.78, 5) is 16.8.